The van der Waals surface area contributed by atoms with Crippen LogP contribution in [0.15, 0.2) is 30.5 Å². The van der Waals surface area contributed by atoms with Crippen molar-refractivity contribution in [2.75, 3.05) is 5.32 Å². The minimum absolute atomic E-state index is 0.144. The number of nitrogens with zero attached hydrogens (tertiary/aromatic N) is 5. The van der Waals surface area contributed by atoms with Crippen molar-refractivity contribution in [3.05, 3.63) is 66.9 Å². The van der Waals surface area contributed by atoms with Crippen molar-refractivity contribution >= 4 is 52.3 Å². The predicted octanol–water partition coefficient (Wildman–Crippen LogP) is 4.50. The van der Waals surface area contributed by atoms with E-state index in [1.54, 1.807) is 32.0 Å². The highest BCUT2D eigenvalue weighted by Gasteiger charge is 2.25. The molecule has 1 N–H and O–H groups in total. The number of benzene rings is 1. The number of anilines is 1. The lowest BCUT2D eigenvalue weighted by Crippen LogP contribution is -2.25. The summed E-state index contributed by atoms with van der Waals surface area (Å²) in [4.78, 5) is 22.8. The Morgan fingerprint density at radius 1 is 1.24 bits per heavy atom. The van der Waals surface area contributed by atoms with Gasteiger partial charge in [-0.05, 0) is 30.9 Å². The van der Waals surface area contributed by atoms with Gasteiger partial charge in [-0.2, -0.15) is 9.78 Å². The Bertz CT molecular complexity index is 1070. The molecule has 2 aromatic heterocycles. The zero-order valence-electron chi connectivity index (χ0n) is 15.3. The Labute approximate surface area is 180 Å². The first-order valence-corrected chi connectivity index (χ1v) is 9.48. The van der Waals surface area contributed by atoms with E-state index in [4.69, 9.17) is 34.8 Å². The molecule has 3 rings (SSSR count). The first-order chi connectivity index (χ1) is 13.7. The molecule has 0 spiro atoms. The van der Waals surface area contributed by atoms with Gasteiger partial charge in [0, 0.05) is 21.8 Å². The lowest BCUT2D eigenvalue weighted by atomic mass is 10.2. The van der Waals surface area contributed by atoms with Crippen molar-refractivity contribution in [1.82, 2.24) is 19.6 Å². The van der Waals surface area contributed by atoms with Gasteiger partial charge in [0.15, 0.2) is 5.82 Å². The van der Waals surface area contributed by atoms with Gasteiger partial charge in [0.1, 0.15) is 11.1 Å². The van der Waals surface area contributed by atoms with Crippen molar-refractivity contribution < 1.29 is 9.72 Å². The molecule has 3 aromatic rings. The molecule has 1 atom stereocenters. The van der Waals surface area contributed by atoms with Gasteiger partial charge in [0.25, 0.3) is 5.91 Å². The molecular formula is C17H15Cl3N6O3. The zero-order chi connectivity index (χ0) is 21.3. The number of amides is 1. The summed E-state index contributed by atoms with van der Waals surface area (Å²) in [5.74, 6) is -0.666. The van der Waals surface area contributed by atoms with Crippen LogP contribution in [-0.4, -0.2) is 30.4 Å². The molecule has 1 amide bonds. The molecule has 0 aliphatic heterocycles. The molecule has 0 saturated carbocycles. The highest BCUT2D eigenvalue weighted by Crippen LogP contribution is 2.27. The monoisotopic (exact) mass is 456 g/mol. The van der Waals surface area contributed by atoms with Crippen LogP contribution in [0.5, 0.6) is 0 Å². The van der Waals surface area contributed by atoms with E-state index in [1.807, 2.05) is 0 Å². The molecule has 12 heteroatoms. The van der Waals surface area contributed by atoms with Gasteiger partial charge < -0.3 is 15.4 Å². The fraction of sp³-hybridized carbons (Fsp3) is 0.235. The molecule has 1 aromatic carbocycles. The summed E-state index contributed by atoms with van der Waals surface area (Å²) < 4.78 is 2.77. The van der Waals surface area contributed by atoms with E-state index in [9.17, 15) is 14.9 Å². The molecule has 29 heavy (non-hydrogen) atoms. The summed E-state index contributed by atoms with van der Waals surface area (Å²) in [6.07, 6.45) is 1.53. The Morgan fingerprint density at radius 2 is 1.90 bits per heavy atom. The van der Waals surface area contributed by atoms with Crippen LogP contribution in [-0.2, 0) is 11.3 Å². The Balaban J connectivity index is 1.77. The number of halogens is 3. The van der Waals surface area contributed by atoms with Gasteiger partial charge >= 0.3 is 5.82 Å². The Kier molecular flexibility index (Phi) is 6.11. The summed E-state index contributed by atoms with van der Waals surface area (Å²) in [5, 5.41) is 22.8. The second-order valence-corrected chi connectivity index (χ2v) is 7.46. The minimum Gasteiger partial charge on any atom is -0.358 e. The standard InChI is InChI=1S/C17H15Cl3N6O3/c1-9-6-15(26(28)29)22-25(9)10(2)17(27)21-16-14(20)8-24(23-16)7-11-12(18)4-3-5-13(11)19/h3-6,8,10H,7H2,1-2H3,(H,21,23,27). The van der Waals surface area contributed by atoms with Crippen LogP contribution in [0.3, 0.4) is 0 Å². The number of hydrogen-bond acceptors (Lipinski definition) is 5. The zero-order valence-corrected chi connectivity index (χ0v) is 17.5. The van der Waals surface area contributed by atoms with E-state index in [1.165, 1.54) is 21.6 Å². The highest BCUT2D eigenvalue weighted by molar-refractivity contribution is 6.36. The molecule has 0 aliphatic carbocycles. The van der Waals surface area contributed by atoms with Crippen molar-refractivity contribution in [3.63, 3.8) is 0 Å². The molecule has 0 aliphatic rings. The predicted molar refractivity (Wildman–Crippen MR) is 110 cm³/mol. The summed E-state index contributed by atoms with van der Waals surface area (Å²) >= 11 is 18.5. The van der Waals surface area contributed by atoms with Crippen LogP contribution in [0.1, 0.15) is 24.2 Å². The number of nitro groups is 1. The number of nitrogens with one attached hydrogen (secondary N) is 1. The largest absolute Gasteiger partial charge is 0.390 e. The second-order valence-electron chi connectivity index (χ2n) is 6.23. The third kappa shape index (κ3) is 4.52. The molecule has 2 heterocycles. The van der Waals surface area contributed by atoms with E-state index in [2.05, 4.69) is 15.5 Å². The average Bonchev–Trinajstić information content (AvgIpc) is 3.20. The Hall–Kier alpha value is -2.62. The van der Waals surface area contributed by atoms with Gasteiger partial charge in [-0.15, -0.1) is 0 Å². The van der Waals surface area contributed by atoms with Gasteiger partial charge in [-0.25, -0.2) is 0 Å². The summed E-state index contributed by atoms with van der Waals surface area (Å²) in [6, 6.07) is 5.63. The molecule has 9 nitrogen and oxygen atoms in total. The maximum Gasteiger partial charge on any atom is 0.390 e. The van der Waals surface area contributed by atoms with Crippen LogP contribution in [0.4, 0.5) is 11.6 Å². The maximum atomic E-state index is 12.6. The molecule has 0 radical (unpaired) electrons. The number of aryl methyl sites for hydroxylation is 1. The van der Waals surface area contributed by atoms with Crippen LogP contribution in [0, 0.1) is 17.0 Å². The van der Waals surface area contributed by atoms with E-state index >= 15 is 0 Å². The van der Waals surface area contributed by atoms with Gasteiger partial charge in [-0.3, -0.25) is 9.48 Å². The molecule has 152 valence electrons. The van der Waals surface area contributed by atoms with Crippen LogP contribution in [0.25, 0.3) is 0 Å². The van der Waals surface area contributed by atoms with Crippen LogP contribution >= 0.6 is 34.8 Å². The fourth-order valence-corrected chi connectivity index (χ4v) is 3.41. The van der Waals surface area contributed by atoms with Gasteiger partial charge in [-0.1, -0.05) is 40.9 Å². The highest BCUT2D eigenvalue weighted by atomic mass is 35.5. The second kappa shape index (κ2) is 8.40. The summed E-state index contributed by atoms with van der Waals surface area (Å²) in [5.41, 5.74) is 1.14. The molecule has 0 fully saturated rings. The Morgan fingerprint density at radius 3 is 2.48 bits per heavy atom. The van der Waals surface area contributed by atoms with Gasteiger partial charge in [0.2, 0.25) is 0 Å². The number of aromatic nitrogens is 4. The quantitative estimate of drug-likeness (QED) is 0.433. The lowest BCUT2D eigenvalue weighted by Gasteiger charge is -2.10. The first kappa shape index (κ1) is 21.1. The third-order valence-corrected chi connectivity index (χ3v) is 5.17. The van der Waals surface area contributed by atoms with Crippen LogP contribution in [0.2, 0.25) is 15.1 Å². The molecular weight excluding hydrogens is 443 g/mol. The SMILES string of the molecule is Cc1cc([N+](=O)[O-])nn1C(C)C(=O)Nc1nn(Cc2c(Cl)cccc2Cl)cc1Cl. The maximum absolute atomic E-state index is 12.6. The molecule has 0 saturated heterocycles. The molecule has 0 bridgehead atoms. The number of carbonyl (C=O) groups is 1. The first-order valence-electron chi connectivity index (χ1n) is 8.34. The van der Waals surface area contributed by atoms with E-state index in [-0.39, 0.29) is 23.2 Å². The third-order valence-electron chi connectivity index (χ3n) is 4.18. The number of rotatable bonds is 6. The summed E-state index contributed by atoms with van der Waals surface area (Å²) in [7, 11) is 0. The lowest BCUT2D eigenvalue weighted by molar-refractivity contribution is -0.389. The summed E-state index contributed by atoms with van der Waals surface area (Å²) in [6.45, 7) is 3.44. The van der Waals surface area contributed by atoms with Gasteiger partial charge in [0.05, 0.1) is 23.4 Å². The van der Waals surface area contributed by atoms with Crippen molar-refractivity contribution in [3.8, 4) is 0 Å². The van der Waals surface area contributed by atoms with Crippen molar-refractivity contribution in [2.45, 2.75) is 26.4 Å². The van der Waals surface area contributed by atoms with Crippen LogP contribution < -0.4 is 5.32 Å². The normalized spacial score (nSPS) is 12.0. The van der Waals surface area contributed by atoms with Crippen molar-refractivity contribution in [2.24, 2.45) is 0 Å². The van der Waals surface area contributed by atoms with Crippen molar-refractivity contribution in [1.29, 1.82) is 0 Å². The fourth-order valence-electron chi connectivity index (χ4n) is 2.69. The number of carbonyl (C=O) groups excluding carboxylic acids is 1. The average molecular weight is 458 g/mol. The number of hydrogen-bond donors (Lipinski definition) is 1. The molecule has 1 unspecified atom stereocenters. The van der Waals surface area contributed by atoms with E-state index in [0.29, 0.717) is 21.3 Å². The topological polar surface area (TPSA) is 108 Å². The van der Waals surface area contributed by atoms with E-state index < -0.39 is 16.9 Å². The smallest absolute Gasteiger partial charge is 0.358 e. The minimum atomic E-state index is -0.817. The van der Waals surface area contributed by atoms with E-state index in [0.717, 1.165) is 0 Å².